The minimum absolute atomic E-state index is 0.0550. The minimum atomic E-state index is -0.863. The molecule has 1 aliphatic rings. The van der Waals surface area contributed by atoms with Crippen LogP contribution in [0, 0.1) is 5.92 Å². The van der Waals surface area contributed by atoms with Crippen molar-refractivity contribution in [3.63, 3.8) is 0 Å². The Bertz CT molecular complexity index is 1460. The largest absolute Gasteiger partial charge is 0.369 e. The topological polar surface area (TPSA) is 78.7 Å². The summed E-state index contributed by atoms with van der Waals surface area (Å²) in [5, 5.41) is 3.68. The van der Waals surface area contributed by atoms with E-state index in [1.54, 1.807) is 0 Å². The van der Waals surface area contributed by atoms with Crippen LogP contribution >= 0.6 is 0 Å². The summed E-state index contributed by atoms with van der Waals surface area (Å²) in [6.07, 6.45) is 13.3. The zero-order valence-corrected chi connectivity index (χ0v) is 31.3. The lowest BCUT2D eigenvalue weighted by Gasteiger charge is -2.39. The molecule has 0 spiro atoms. The van der Waals surface area contributed by atoms with Gasteiger partial charge in [-0.1, -0.05) is 143 Å². The highest BCUT2D eigenvalue weighted by atomic mass is 16.2. The lowest BCUT2D eigenvalue weighted by Crippen LogP contribution is -2.51. The number of amides is 2. The average molecular weight is 679 g/mol. The number of allylic oxidation sites excluding steroid dienone is 1. The molecule has 1 aliphatic heterocycles. The van der Waals surface area contributed by atoms with Gasteiger partial charge in [0.2, 0.25) is 5.91 Å². The lowest BCUT2D eigenvalue weighted by atomic mass is 9.64. The number of carbonyl (C=O) groups excluding carboxylic acids is 2. The number of nitrogens with one attached hydrogen (secondary N) is 1. The first-order valence-corrected chi connectivity index (χ1v) is 19.2. The molecule has 270 valence electrons. The molecule has 6 heteroatoms. The molecule has 3 aromatic rings. The van der Waals surface area contributed by atoms with Crippen molar-refractivity contribution in [2.75, 3.05) is 39.8 Å². The van der Waals surface area contributed by atoms with E-state index in [0.717, 1.165) is 79.9 Å². The van der Waals surface area contributed by atoms with E-state index in [-0.39, 0.29) is 17.7 Å². The molecule has 4 rings (SSSR count). The molecular weight excluding hydrogens is 617 g/mol. The van der Waals surface area contributed by atoms with Crippen LogP contribution in [0.1, 0.15) is 118 Å². The number of hydrogen-bond acceptors (Lipinski definition) is 4. The quantitative estimate of drug-likeness (QED) is 0.0983. The van der Waals surface area contributed by atoms with Crippen molar-refractivity contribution in [2.24, 2.45) is 11.7 Å². The summed E-state index contributed by atoms with van der Waals surface area (Å²) in [6.45, 7) is 11.0. The van der Waals surface area contributed by atoms with E-state index in [1.165, 1.54) is 56.9 Å². The van der Waals surface area contributed by atoms with Gasteiger partial charge in [-0.3, -0.25) is 9.59 Å². The number of nitrogens with zero attached hydrogens (tertiary/aromatic N) is 2. The number of carbonyl (C=O) groups is 2. The predicted molar refractivity (Wildman–Crippen MR) is 209 cm³/mol. The summed E-state index contributed by atoms with van der Waals surface area (Å²) < 4.78 is 0. The molecule has 1 atom stereocenters. The Labute approximate surface area is 302 Å². The van der Waals surface area contributed by atoms with Gasteiger partial charge in [-0.2, -0.15) is 0 Å². The molecule has 2 amide bonds. The van der Waals surface area contributed by atoms with Crippen LogP contribution in [0.2, 0.25) is 0 Å². The molecule has 3 N–H and O–H groups in total. The highest BCUT2D eigenvalue weighted by Gasteiger charge is 2.46. The van der Waals surface area contributed by atoms with Crippen molar-refractivity contribution in [1.82, 2.24) is 15.1 Å². The Hall–Kier alpha value is -3.74. The summed E-state index contributed by atoms with van der Waals surface area (Å²) in [5.41, 5.74) is 11.5. The smallest absolute Gasteiger partial charge is 0.258 e. The summed E-state index contributed by atoms with van der Waals surface area (Å²) in [5.74, 6) is -0.0838. The molecule has 0 aliphatic carbocycles. The van der Waals surface area contributed by atoms with Crippen molar-refractivity contribution in [3.05, 3.63) is 113 Å². The Kier molecular flexibility index (Phi) is 15.8. The second-order valence-corrected chi connectivity index (χ2v) is 14.4. The maximum atomic E-state index is 13.3. The van der Waals surface area contributed by atoms with E-state index in [2.05, 4.69) is 44.1 Å². The molecule has 0 saturated heterocycles. The SMILES string of the molecule is CCC(CNCCCCCCCCCCCN(C)CCCN1C(=O)c2ccccc2C1=C(C)C)C(C(N)=O)(c1ccccc1)c1ccccc1. The average Bonchev–Trinajstić information content (AvgIpc) is 3.41. The zero-order chi connectivity index (χ0) is 35.8. The van der Waals surface area contributed by atoms with E-state index in [4.69, 9.17) is 5.73 Å². The first-order chi connectivity index (χ1) is 24.3. The van der Waals surface area contributed by atoms with Gasteiger partial charge in [-0.25, -0.2) is 0 Å². The Morgan fingerprint density at radius 1 is 0.740 bits per heavy atom. The third kappa shape index (κ3) is 9.95. The third-order valence-electron chi connectivity index (χ3n) is 10.6. The van der Waals surface area contributed by atoms with Crippen LogP contribution in [0.5, 0.6) is 0 Å². The summed E-state index contributed by atoms with van der Waals surface area (Å²) in [4.78, 5) is 30.7. The normalized spacial score (nSPS) is 13.6. The number of unbranched alkanes of at least 4 members (excludes halogenated alkanes) is 8. The number of rotatable bonds is 23. The molecule has 3 aromatic carbocycles. The molecule has 0 fully saturated rings. The molecule has 0 aromatic heterocycles. The Morgan fingerprint density at radius 2 is 1.24 bits per heavy atom. The fraction of sp³-hybridized carbons (Fsp3) is 0.500. The van der Waals surface area contributed by atoms with E-state index in [0.29, 0.717) is 0 Å². The van der Waals surface area contributed by atoms with Crippen LogP contribution < -0.4 is 11.1 Å². The first-order valence-electron chi connectivity index (χ1n) is 19.2. The second-order valence-electron chi connectivity index (χ2n) is 14.4. The molecule has 1 heterocycles. The number of primary amides is 1. The van der Waals surface area contributed by atoms with Crippen molar-refractivity contribution < 1.29 is 9.59 Å². The third-order valence-corrected chi connectivity index (χ3v) is 10.6. The molecular formula is C44H62N4O2. The highest BCUT2D eigenvalue weighted by molar-refractivity contribution is 6.09. The van der Waals surface area contributed by atoms with Crippen LogP contribution in [-0.4, -0.2) is 61.4 Å². The molecule has 0 radical (unpaired) electrons. The molecule has 6 nitrogen and oxygen atoms in total. The van der Waals surface area contributed by atoms with Gasteiger partial charge in [0, 0.05) is 17.7 Å². The van der Waals surface area contributed by atoms with Crippen molar-refractivity contribution in [3.8, 4) is 0 Å². The molecule has 50 heavy (non-hydrogen) atoms. The van der Waals surface area contributed by atoms with Gasteiger partial charge < -0.3 is 20.9 Å². The van der Waals surface area contributed by atoms with Crippen LogP contribution in [0.3, 0.4) is 0 Å². The maximum Gasteiger partial charge on any atom is 0.258 e. The standard InChI is InChI=1S/C44H62N4O2/c1-5-36(44(43(45)50,37-24-15-13-16-25-37)38-26-17-14-18-27-38)34-46-30-21-11-9-7-6-8-10-12-22-31-47(4)32-23-33-48-41(35(2)3)39-28-19-20-29-40(39)42(48)49/h13-20,24-29,36,46H,5-12,21-23,30-34H2,1-4H3,(H2,45,50). The Balaban J connectivity index is 1.05. The summed E-state index contributed by atoms with van der Waals surface area (Å²) in [7, 11) is 2.21. The zero-order valence-electron chi connectivity index (χ0n) is 31.3. The number of hydrogen-bond donors (Lipinski definition) is 2. The van der Waals surface area contributed by atoms with Gasteiger partial charge >= 0.3 is 0 Å². The van der Waals surface area contributed by atoms with Gasteiger partial charge in [0.1, 0.15) is 5.41 Å². The van der Waals surface area contributed by atoms with Crippen LogP contribution in [0.15, 0.2) is 90.5 Å². The van der Waals surface area contributed by atoms with Crippen molar-refractivity contribution in [2.45, 2.75) is 96.8 Å². The molecule has 0 bridgehead atoms. The fourth-order valence-electron chi connectivity index (χ4n) is 7.91. The van der Waals surface area contributed by atoms with Crippen LogP contribution in [0.4, 0.5) is 0 Å². The van der Waals surface area contributed by atoms with Gasteiger partial charge in [0.15, 0.2) is 0 Å². The van der Waals surface area contributed by atoms with E-state index in [1.807, 2.05) is 83.8 Å². The van der Waals surface area contributed by atoms with E-state index in [9.17, 15) is 9.59 Å². The maximum absolute atomic E-state index is 13.3. The van der Waals surface area contributed by atoms with Gasteiger partial charge in [0.25, 0.3) is 5.91 Å². The van der Waals surface area contributed by atoms with E-state index >= 15 is 0 Å². The van der Waals surface area contributed by atoms with Crippen LogP contribution in [0.25, 0.3) is 5.70 Å². The van der Waals surface area contributed by atoms with Crippen LogP contribution in [-0.2, 0) is 10.2 Å². The first kappa shape index (κ1) is 39.1. The fourth-order valence-corrected chi connectivity index (χ4v) is 7.91. The monoisotopic (exact) mass is 678 g/mol. The second kappa shape index (κ2) is 20.2. The molecule has 0 saturated carbocycles. The lowest BCUT2D eigenvalue weighted by molar-refractivity contribution is -0.124. The van der Waals surface area contributed by atoms with Crippen molar-refractivity contribution >= 4 is 17.5 Å². The number of benzene rings is 3. The van der Waals surface area contributed by atoms with Crippen molar-refractivity contribution in [1.29, 1.82) is 0 Å². The minimum Gasteiger partial charge on any atom is -0.369 e. The number of nitrogens with two attached hydrogens (primary N) is 1. The number of fused-ring (bicyclic) bond motifs is 1. The predicted octanol–water partition coefficient (Wildman–Crippen LogP) is 8.81. The summed E-state index contributed by atoms with van der Waals surface area (Å²) >= 11 is 0. The van der Waals surface area contributed by atoms with E-state index < -0.39 is 5.41 Å². The molecule has 1 unspecified atom stereocenters. The Morgan fingerprint density at radius 3 is 1.78 bits per heavy atom. The van der Waals surface area contributed by atoms with Gasteiger partial charge in [-0.15, -0.1) is 0 Å². The van der Waals surface area contributed by atoms with Gasteiger partial charge in [0.05, 0.1) is 5.70 Å². The summed E-state index contributed by atoms with van der Waals surface area (Å²) in [6, 6.07) is 28.1. The highest BCUT2D eigenvalue weighted by Crippen LogP contribution is 2.41. The van der Waals surface area contributed by atoms with Gasteiger partial charge in [-0.05, 0) is 89.4 Å².